The van der Waals surface area contributed by atoms with Crippen LogP contribution in [0.5, 0.6) is 11.5 Å². The fraction of sp³-hybridized carbons (Fsp3) is 0.417. The van der Waals surface area contributed by atoms with Crippen molar-refractivity contribution in [3.05, 3.63) is 17.7 Å². The van der Waals surface area contributed by atoms with Crippen LogP contribution in [0.15, 0.2) is 12.1 Å². The van der Waals surface area contributed by atoms with Crippen molar-refractivity contribution in [1.29, 1.82) is 0 Å². The quantitative estimate of drug-likeness (QED) is 0.641. The lowest BCUT2D eigenvalue weighted by atomic mass is 10.1. The van der Waals surface area contributed by atoms with Gasteiger partial charge in [0.1, 0.15) is 0 Å². The lowest BCUT2D eigenvalue weighted by Gasteiger charge is -2.16. The average Bonchev–Trinajstić information content (AvgIpc) is 2.28. The molecular weight excluding hydrogens is 222 g/mol. The summed E-state index contributed by atoms with van der Waals surface area (Å²) in [5, 5.41) is 0. The van der Waals surface area contributed by atoms with Gasteiger partial charge in [0, 0.05) is 0 Å². The van der Waals surface area contributed by atoms with Crippen LogP contribution >= 0.6 is 0 Å². The number of carbonyl (C=O) groups excluding carboxylic acids is 1. The van der Waals surface area contributed by atoms with Crippen molar-refractivity contribution in [3.63, 3.8) is 0 Å². The Hall–Kier alpha value is -1.91. The highest BCUT2D eigenvalue weighted by Crippen LogP contribution is 2.36. The first-order chi connectivity index (χ1) is 8.01. The predicted molar refractivity (Wildman–Crippen MR) is 64.5 cm³/mol. The van der Waals surface area contributed by atoms with E-state index < -0.39 is 5.97 Å². The molecule has 0 aliphatic carbocycles. The van der Waals surface area contributed by atoms with E-state index in [1.54, 1.807) is 12.1 Å². The van der Waals surface area contributed by atoms with Crippen LogP contribution in [-0.2, 0) is 4.74 Å². The summed E-state index contributed by atoms with van der Waals surface area (Å²) < 4.78 is 15.3. The summed E-state index contributed by atoms with van der Waals surface area (Å²) in [5.41, 5.74) is 6.33. The van der Waals surface area contributed by atoms with Gasteiger partial charge in [-0.2, -0.15) is 0 Å². The third-order valence-corrected chi connectivity index (χ3v) is 2.13. The Morgan fingerprint density at radius 1 is 1.29 bits per heavy atom. The summed E-state index contributed by atoms with van der Waals surface area (Å²) in [6.07, 6.45) is -0.00715. The molecule has 94 valence electrons. The van der Waals surface area contributed by atoms with Crippen molar-refractivity contribution in [3.8, 4) is 11.5 Å². The molecule has 0 atom stereocenters. The standard InChI is InChI=1S/C12H17NO4/c1-7(2)17-9-6-5-8(12(14)16-4)10(13)11(9)15-3/h5-7H,13H2,1-4H3. The van der Waals surface area contributed by atoms with Gasteiger partial charge in [-0.3, -0.25) is 0 Å². The molecule has 0 aliphatic rings. The molecule has 2 N–H and O–H groups in total. The van der Waals surface area contributed by atoms with Crippen LogP contribution in [0.1, 0.15) is 24.2 Å². The maximum atomic E-state index is 11.4. The number of esters is 1. The van der Waals surface area contributed by atoms with E-state index in [9.17, 15) is 4.79 Å². The van der Waals surface area contributed by atoms with Crippen molar-refractivity contribution < 1.29 is 19.0 Å². The van der Waals surface area contributed by atoms with Crippen LogP contribution in [0, 0.1) is 0 Å². The number of nitrogens with two attached hydrogens (primary N) is 1. The van der Waals surface area contributed by atoms with Gasteiger partial charge in [-0.25, -0.2) is 4.79 Å². The van der Waals surface area contributed by atoms with Crippen molar-refractivity contribution >= 4 is 11.7 Å². The first-order valence-corrected chi connectivity index (χ1v) is 5.22. The fourth-order valence-electron chi connectivity index (χ4n) is 1.42. The highest BCUT2D eigenvalue weighted by molar-refractivity contribution is 5.97. The third-order valence-electron chi connectivity index (χ3n) is 2.13. The molecule has 0 aromatic heterocycles. The molecule has 0 aliphatic heterocycles. The van der Waals surface area contributed by atoms with Crippen LogP contribution in [0.2, 0.25) is 0 Å². The molecule has 0 spiro atoms. The van der Waals surface area contributed by atoms with E-state index in [0.717, 1.165) is 0 Å². The molecule has 17 heavy (non-hydrogen) atoms. The molecule has 0 saturated heterocycles. The molecule has 1 aromatic rings. The van der Waals surface area contributed by atoms with Crippen LogP contribution in [0.3, 0.4) is 0 Å². The minimum atomic E-state index is -0.503. The Balaban J connectivity index is 3.22. The second-order valence-corrected chi connectivity index (χ2v) is 3.72. The van der Waals surface area contributed by atoms with Crippen LogP contribution in [0.25, 0.3) is 0 Å². The second kappa shape index (κ2) is 5.43. The number of ether oxygens (including phenoxy) is 3. The molecule has 0 fully saturated rings. The van der Waals surface area contributed by atoms with E-state index in [1.807, 2.05) is 13.8 Å². The molecule has 0 heterocycles. The number of benzene rings is 1. The highest BCUT2D eigenvalue weighted by Gasteiger charge is 2.18. The predicted octanol–water partition coefficient (Wildman–Crippen LogP) is 1.85. The normalized spacial score (nSPS) is 10.2. The minimum absolute atomic E-state index is 0.00715. The van der Waals surface area contributed by atoms with Crippen molar-refractivity contribution in [2.75, 3.05) is 20.0 Å². The zero-order valence-electron chi connectivity index (χ0n) is 10.4. The maximum absolute atomic E-state index is 11.4. The Morgan fingerprint density at radius 2 is 1.94 bits per heavy atom. The van der Waals surface area contributed by atoms with E-state index in [1.165, 1.54) is 14.2 Å². The molecule has 0 bridgehead atoms. The second-order valence-electron chi connectivity index (χ2n) is 3.72. The number of anilines is 1. The number of methoxy groups -OCH3 is 2. The van der Waals surface area contributed by atoms with E-state index in [0.29, 0.717) is 11.5 Å². The Kier molecular flexibility index (Phi) is 4.20. The molecule has 5 nitrogen and oxygen atoms in total. The van der Waals surface area contributed by atoms with E-state index >= 15 is 0 Å². The number of rotatable bonds is 4. The molecule has 0 saturated carbocycles. The zero-order valence-corrected chi connectivity index (χ0v) is 10.4. The lowest BCUT2D eigenvalue weighted by Crippen LogP contribution is -2.11. The van der Waals surface area contributed by atoms with Crippen molar-refractivity contribution in [2.45, 2.75) is 20.0 Å². The molecule has 0 radical (unpaired) electrons. The van der Waals surface area contributed by atoms with Crippen molar-refractivity contribution in [2.24, 2.45) is 0 Å². The van der Waals surface area contributed by atoms with Gasteiger partial charge in [0.05, 0.1) is 31.6 Å². The average molecular weight is 239 g/mol. The molecular formula is C12H17NO4. The molecule has 0 unspecified atom stereocenters. The number of carbonyl (C=O) groups is 1. The summed E-state index contributed by atoms with van der Waals surface area (Å²) >= 11 is 0. The molecule has 0 amide bonds. The van der Waals surface area contributed by atoms with Crippen molar-refractivity contribution in [1.82, 2.24) is 0 Å². The van der Waals surface area contributed by atoms with Gasteiger partial charge in [0.25, 0.3) is 0 Å². The van der Waals surface area contributed by atoms with Gasteiger partial charge in [-0.1, -0.05) is 0 Å². The van der Waals surface area contributed by atoms with E-state index in [-0.39, 0.29) is 17.4 Å². The Morgan fingerprint density at radius 3 is 2.41 bits per heavy atom. The van der Waals surface area contributed by atoms with Crippen LogP contribution in [0.4, 0.5) is 5.69 Å². The minimum Gasteiger partial charge on any atom is -0.491 e. The molecule has 5 heteroatoms. The van der Waals surface area contributed by atoms with Crippen LogP contribution in [-0.4, -0.2) is 26.3 Å². The van der Waals surface area contributed by atoms with Gasteiger partial charge in [0.15, 0.2) is 11.5 Å². The third kappa shape index (κ3) is 2.81. The molecule has 1 rings (SSSR count). The first kappa shape index (κ1) is 13.2. The topological polar surface area (TPSA) is 70.8 Å². The summed E-state index contributed by atoms with van der Waals surface area (Å²) in [6.45, 7) is 3.79. The van der Waals surface area contributed by atoms with Gasteiger partial charge >= 0.3 is 5.97 Å². The lowest BCUT2D eigenvalue weighted by molar-refractivity contribution is 0.0601. The Bertz CT molecular complexity index is 415. The first-order valence-electron chi connectivity index (χ1n) is 5.22. The van der Waals surface area contributed by atoms with E-state index in [4.69, 9.17) is 15.2 Å². The monoisotopic (exact) mass is 239 g/mol. The van der Waals surface area contributed by atoms with Gasteiger partial charge in [-0.15, -0.1) is 0 Å². The summed E-state index contributed by atoms with van der Waals surface area (Å²) in [7, 11) is 2.77. The van der Waals surface area contributed by atoms with Gasteiger partial charge in [-0.05, 0) is 26.0 Å². The largest absolute Gasteiger partial charge is 0.491 e. The smallest absolute Gasteiger partial charge is 0.340 e. The Labute approximate surface area is 100 Å². The summed E-state index contributed by atoms with van der Waals surface area (Å²) in [5.74, 6) is 0.353. The van der Waals surface area contributed by atoms with Crippen LogP contribution < -0.4 is 15.2 Å². The number of hydrogen-bond acceptors (Lipinski definition) is 5. The number of nitrogen functional groups attached to an aromatic ring is 1. The summed E-state index contributed by atoms with van der Waals surface area (Å²) in [4.78, 5) is 11.4. The summed E-state index contributed by atoms with van der Waals surface area (Å²) in [6, 6.07) is 3.20. The van der Waals surface area contributed by atoms with Gasteiger partial charge < -0.3 is 19.9 Å². The zero-order chi connectivity index (χ0) is 13.0. The molecule has 1 aromatic carbocycles. The fourth-order valence-corrected chi connectivity index (χ4v) is 1.42. The SMILES string of the molecule is COC(=O)c1ccc(OC(C)C)c(OC)c1N. The number of hydrogen-bond donors (Lipinski definition) is 1. The van der Waals surface area contributed by atoms with E-state index in [2.05, 4.69) is 4.74 Å². The maximum Gasteiger partial charge on any atom is 0.340 e. The van der Waals surface area contributed by atoms with Gasteiger partial charge in [0.2, 0.25) is 0 Å². The highest BCUT2D eigenvalue weighted by atomic mass is 16.5.